The molecule has 0 bridgehead atoms. The second-order valence-corrected chi connectivity index (χ2v) is 6.59. The molecule has 5 nitrogen and oxygen atoms in total. The zero-order valence-electron chi connectivity index (χ0n) is 13.9. The van der Waals surface area contributed by atoms with Crippen LogP contribution in [0.5, 0.6) is 0 Å². The van der Waals surface area contributed by atoms with Crippen molar-refractivity contribution in [3.63, 3.8) is 0 Å². The summed E-state index contributed by atoms with van der Waals surface area (Å²) in [6, 6.07) is 12.7. The van der Waals surface area contributed by atoms with Crippen LogP contribution < -0.4 is 16.0 Å². The van der Waals surface area contributed by atoms with Crippen molar-refractivity contribution in [1.29, 1.82) is 0 Å². The van der Waals surface area contributed by atoms with Gasteiger partial charge in [-0.05, 0) is 55.7 Å². The average Bonchev–Trinajstić information content (AvgIpc) is 3.42. The number of carbonyl (C=O) groups is 2. The number of nitrogens with one attached hydrogen (secondary N) is 3. The lowest BCUT2D eigenvalue weighted by molar-refractivity contribution is -0.117. The van der Waals surface area contributed by atoms with E-state index in [9.17, 15) is 9.59 Å². The molecule has 3 rings (SSSR count). The molecule has 0 aromatic heterocycles. The molecule has 2 aromatic rings. The number of halogens is 1. The summed E-state index contributed by atoms with van der Waals surface area (Å²) in [4.78, 5) is 24.1. The summed E-state index contributed by atoms with van der Waals surface area (Å²) in [6.45, 7) is 2.00. The van der Waals surface area contributed by atoms with E-state index in [0.717, 1.165) is 29.8 Å². The van der Waals surface area contributed by atoms with Crippen LogP contribution in [0.25, 0.3) is 0 Å². The van der Waals surface area contributed by atoms with E-state index in [1.165, 1.54) is 0 Å². The standard InChI is InChI=1S/C19H20ClN3O2/c1-12-16(6-3-7-17(12)23-19(25)13-8-9-13)22-18(24)11-21-15-5-2-4-14(20)10-15/h2-7,10,13,21H,8-9,11H2,1H3,(H,22,24)(H,23,25). The second kappa shape index (κ2) is 7.57. The summed E-state index contributed by atoms with van der Waals surface area (Å²) in [5.74, 6) is 0.0162. The van der Waals surface area contributed by atoms with Gasteiger partial charge in [0, 0.05) is 28.0 Å². The molecule has 0 saturated heterocycles. The molecule has 0 heterocycles. The third-order valence-corrected chi connectivity index (χ3v) is 4.33. The van der Waals surface area contributed by atoms with E-state index >= 15 is 0 Å². The SMILES string of the molecule is Cc1c(NC(=O)CNc2cccc(Cl)c2)cccc1NC(=O)C1CC1. The van der Waals surface area contributed by atoms with Gasteiger partial charge < -0.3 is 16.0 Å². The minimum absolute atomic E-state index is 0.0502. The zero-order valence-corrected chi connectivity index (χ0v) is 14.7. The quantitative estimate of drug-likeness (QED) is 0.730. The molecular weight excluding hydrogens is 338 g/mol. The topological polar surface area (TPSA) is 70.2 Å². The van der Waals surface area contributed by atoms with Crippen LogP contribution in [0.3, 0.4) is 0 Å². The van der Waals surface area contributed by atoms with Crippen LogP contribution in [0.15, 0.2) is 42.5 Å². The molecule has 6 heteroatoms. The first-order valence-corrected chi connectivity index (χ1v) is 8.60. The molecule has 2 amide bonds. The molecule has 25 heavy (non-hydrogen) atoms. The number of amides is 2. The monoisotopic (exact) mass is 357 g/mol. The maximum Gasteiger partial charge on any atom is 0.243 e. The number of rotatable bonds is 6. The number of hydrogen-bond donors (Lipinski definition) is 3. The Morgan fingerprint density at radius 3 is 2.44 bits per heavy atom. The van der Waals surface area contributed by atoms with Gasteiger partial charge in [0.05, 0.1) is 6.54 Å². The first kappa shape index (κ1) is 17.3. The molecular formula is C19H20ClN3O2. The predicted octanol–water partition coefficient (Wildman–Crippen LogP) is 4.05. The third kappa shape index (κ3) is 4.73. The summed E-state index contributed by atoms with van der Waals surface area (Å²) < 4.78 is 0. The van der Waals surface area contributed by atoms with E-state index in [2.05, 4.69) is 16.0 Å². The van der Waals surface area contributed by atoms with Crippen molar-refractivity contribution >= 4 is 40.5 Å². The molecule has 2 aromatic carbocycles. The molecule has 130 valence electrons. The van der Waals surface area contributed by atoms with Crippen molar-refractivity contribution in [2.45, 2.75) is 19.8 Å². The molecule has 0 aliphatic heterocycles. The van der Waals surface area contributed by atoms with Crippen LogP contribution in [0.1, 0.15) is 18.4 Å². The number of anilines is 3. The van der Waals surface area contributed by atoms with Crippen molar-refractivity contribution in [3.8, 4) is 0 Å². The molecule has 1 fully saturated rings. The van der Waals surface area contributed by atoms with Crippen LogP contribution in [0, 0.1) is 12.8 Å². The Morgan fingerprint density at radius 2 is 1.76 bits per heavy atom. The molecule has 1 aliphatic carbocycles. The highest BCUT2D eigenvalue weighted by molar-refractivity contribution is 6.30. The van der Waals surface area contributed by atoms with Gasteiger partial charge in [0.1, 0.15) is 0 Å². The smallest absolute Gasteiger partial charge is 0.243 e. The van der Waals surface area contributed by atoms with Gasteiger partial charge in [-0.2, -0.15) is 0 Å². The fourth-order valence-corrected chi connectivity index (χ4v) is 2.65. The minimum atomic E-state index is -0.172. The van der Waals surface area contributed by atoms with Crippen LogP contribution in [-0.4, -0.2) is 18.4 Å². The molecule has 0 unspecified atom stereocenters. The highest BCUT2D eigenvalue weighted by Gasteiger charge is 2.29. The fourth-order valence-electron chi connectivity index (χ4n) is 2.46. The van der Waals surface area contributed by atoms with Gasteiger partial charge in [-0.25, -0.2) is 0 Å². The predicted molar refractivity (Wildman–Crippen MR) is 101 cm³/mol. The van der Waals surface area contributed by atoms with Crippen molar-refractivity contribution in [2.24, 2.45) is 5.92 Å². The van der Waals surface area contributed by atoms with E-state index in [1.54, 1.807) is 12.1 Å². The van der Waals surface area contributed by atoms with Crippen molar-refractivity contribution in [3.05, 3.63) is 53.1 Å². The van der Waals surface area contributed by atoms with E-state index in [-0.39, 0.29) is 24.3 Å². The summed E-state index contributed by atoms with van der Waals surface area (Å²) in [5, 5.41) is 9.44. The van der Waals surface area contributed by atoms with Crippen LogP contribution in [0.4, 0.5) is 17.1 Å². The maximum absolute atomic E-state index is 12.2. The first-order chi connectivity index (χ1) is 12.0. The van der Waals surface area contributed by atoms with Crippen molar-refractivity contribution in [1.82, 2.24) is 0 Å². The average molecular weight is 358 g/mol. The van der Waals surface area contributed by atoms with E-state index in [0.29, 0.717) is 10.7 Å². The summed E-state index contributed by atoms with van der Waals surface area (Å²) in [5.41, 5.74) is 3.04. The molecule has 0 radical (unpaired) electrons. The molecule has 3 N–H and O–H groups in total. The van der Waals surface area contributed by atoms with Gasteiger partial charge in [0.25, 0.3) is 0 Å². The highest BCUT2D eigenvalue weighted by Crippen LogP contribution is 2.31. The Morgan fingerprint density at radius 1 is 1.08 bits per heavy atom. The van der Waals surface area contributed by atoms with E-state index < -0.39 is 0 Å². The fraction of sp³-hybridized carbons (Fsp3) is 0.263. The normalized spacial score (nSPS) is 13.2. The molecule has 0 atom stereocenters. The zero-order chi connectivity index (χ0) is 17.8. The summed E-state index contributed by atoms with van der Waals surface area (Å²) in [7, 11) is 0. The van der Waals surface area contributed by atoms with E-state index in [1.807, 2.05) is 37.3 Å². The summed E-state index contributed by atoms with van der Waals surface area (Å²) in [6.07, 6.45) is 1.91. The van der Waals surface area contributed by atoms with Gasteiger partial charge in [0.2, 0.25) is 11.8 Å². The third-order valence-electron chi connectivity index (χ3n) is 4.09. The lowest BCUT2D eigenvalue weighted by Gasteiger charge is -2.14. The maximum atomic E-state index is 12.2. The van der Waals surface area contributed by atoms with Crippen molar-refractivity contribution in [2.75, 3.05) is 22.5 Å². The molecule has 1 saturated carbocycles. The van der Waals surface area contributed by atoms with Crippen LogP contribution >= 0.6 is 11.6 Å². The highest BCUT2D eigenvalue weighted by atomic mass is 35.5. The Hall–Kier alpha value is -2.53. The lowest BCUT2D eigenvalue weighted by Crippen LogP contribution is -2.22. The Labute approximate surface area is 151 Å². The van der Waals surface area contributed by atoms with Crippen molar-refractivity contribution < 1.29 is 9.59 Å². The van der Waals surface area contributed by atoms with Gasteiger partial charge >= 0.3 is 0 Å². The lowest BCUT2D eigenvalue weighted by atomic mass is 10.1. The van der Waals surface area contributed by atoms with Gasteiger partial charge in [-0.3, -0.25) is 9.59 Å². The summed E-state index contributed by atoms with van der Waals surface area (Å²) >= 11 is 5.92. The molecule has 0 spiro atoms. The Bertz CT molecular complexity index is 803. The largest absolute Gasteiger partial charge is 0.376 e. The number of benzene rings is 2. The minimum Gasteiger partial charge on any atom is -0.376 e. The van der Waals surface area contributed by atoms with Gasteiger partial charge in [-0.15, -0.1) is 0 Å². The number of hydrogen-bond acceptors (Lipinski definition) is 3. The Balaban J connectivity index is 1.59. The number of carbonyl (C=O) groups excluding carboxylic acids is 2. The van der Waals surface area contributed by atoms with Crippen LogP contribution in [0.2, 0.25) is 5.02 Å². The van der Waals surface area contributed by atoms with Gasteiger partial charge in [-0.1, -0.05) is 23.7 Å². The first-order valence-electron chi connectivity index (χ1n) is 8.22. The van der Waals surface area contributed by atoms with Crippen LogP contribution in [-0.2, 0) is 9.59 Å². The molecule has 1 aliphatic rings. The van der Waals surface area contributed by atoms with E-state index in [4.69, 9.17) is 11.6 Å². The van der Waals surface area contributed by atoms with Gasteiger partial charge in [0.15, 0.2) is 0 Å². The Kier molecular flexibility index (Phi) is 5.24. The second-order valence-electron chi connectivity index (χ2n) is 6.15.